The maximum absolute atomic E-state index is 11.3. The van der Waals surface area contributed by atoms with Crippen LogP contribution in [0.1, 0.15) is 17.3 Å². The summed E-state index contributed by atoms with van der Waals surface area (Å²) < 4.78 is 0. The van der Waals surface area contributed by atoms with Crippen molar-refractivity contribution in [2.24, 2.45) is 0 Å². The number of nitriles is 2. The topological polar surface area (TPSA) is 96.9 Å². The van der Waals surface area contributed by atoms with Gasteiger partial charge in [0.15, 0.2) is 5.78 Å². The molecule has 0 saturated carbocycles. The zero-order chi connectivity index (χ0) is 12.8. The minimum Gasteiger partial charge on any atom is -0.508 e. The molecule has 0 heterocycles. The Morgan fingerprint density at radius 2 is 2.06 bits per heavy atom. The molecule has 0 amide bonds. The van der Waals surface area contributed by atoms with Crippen LogP contribution in [0.2, 0.25) is 0 Å². The summed E-state index contributed by atoms with van der Waals surface area (Å²) in [6, 6.07) is 7.59. The van der Waals surface area contributed by atoms with E-state index in [1.165, 1.54) is 31.3 Å². The summed E-state index contributed by atoms with van der Waals surface area (Å²) in [4.78, 5) is 11.3. The first kappa shape index (κ1) is 12.3. The normalized spacial score (nSPS) is 8.65. The van der Waals surface area contributed by atoms with Crippen LogP contribution in [0.5, 0.6) is 5.75 Å². The van der Waals surface area contributed by atoms with Crippen molar-refractivity contribution in [1.29, 1.82) is 10.5 Å². The molecule has 2 N–H and O–H groups in total. The number of phenolic OH excluding ortho intramolecular Hbond substituents is 1. The van der Waals surface area contributed by atoms with Crippen molar-refractivity contribution in [3.8, 4) is 17.9 Å². The summed E-state index contributed by atoms with van der Waals surface area (Å²) in [6.45, 7) is 1.36. The van der Waals surface area contributed by atoms with Gasteiger partial charge in [-0.05, 0) is 25.1 Å². The van der Waals surface area contributed by atoms with Crippen LogP contribution in [0.25, 0.3) is 0 Å². The molecule has 0 bridgehead atoms. The molecule has 0 aliphatic rings. The Morgan fingerprint density at radius 1 is 1.41 bits per heavy atom. The fourth-order valence-electron chi connectivity index (χ4n) is 1.19. The number of carbonyl (C=O) groups excluding carboxylic acids is 1. The summed E-state index contributed by atoms with van der Waals surface area (Å²) in [5, 5.41) is 29.0. The maximum atomic E-state index is 11.3. The van der Waals surface area contributed by atoms with Crippen LogP contribution >= 0.6 is 0 Å². The van der Waals surface area contributed by atoms with Gasteiger partial charge in [0.1, 0.15) is 23.5 Å². The Hall–Kier alpha value is -2.79. The van der Waals surface area contributed by atoms with Gasteiger partial charge in [-0.1, -0.05) is 0 Å². The summed E-state index contributed by atoms with van der Waals surface area (Å²) in [5.74, 6) is -0.252. The highest BCUT2D eigenvalue weighted by Gasteiger charge is 2.07. The molecule has 0 saturated heterocycles. The fraction of sp³-hybridized carbons (Fsp3) is 0.0833. The number of nitrogens with zero attached hydrogens (tertiary/aromatic N) is 2. The smallest absolute Gasteiger partial charge is 0.162 e. The van der Waals surface area contributed by atoms with Gasteiger partial charge in [0.25, 0.3) is 0 Å². The number of allylic oxidation sites excluding steroid dienone is 1. The molecule has 0 aliphatic heterocycles. The van der Waals surface area contributed by atoms with E-state index in [0.717, 1.165) is 0 Å². The lowest BCUT2D eigenvalue weighted by molar-refractivity contribution is 0.101. The summed E-state index contributed by atoms with van der Waals surface area (Å²) in [7, 11) is 0. The van der Waals surface area contributed by atoms with Crippen molar-refractivity contribution >= 4 is 11.5 Å². The average Bonchev–Trinajstić information content (AvgIpc) is 2.31. The first-order chi connectivity index (χ1) is 8.08. The molecule has 1 rings (SSSR count). The van der Waals surface area contributed by atoms with Crippen molar-refractivity contribution in [2.45, 2.75) is 6.92 Å². The SMILES string of the molecule is CC(=O)c1cc(O)ccc1NC=C(C#N)C#N. The third kappa shape index (κ3) is 3.08. The van der Waals surface area contributed by atoms with Crippen molar-refractivity contribution < 1.29 is 9.90 Å². The molecular weight excluding hydrogens is 218 g/mol. The second-order valence-electron chi connectivity index (χ2n) is 3.21. The molecule has 0 aliphatic carbocycles. The van der Waals surface area contributed by atoms with Gasteiger partial charge in [-0.25, -0.2) is 0 Å². The van der Waals surface area contributed by atoms with E-state index in [1.54, 1.807) is 12.1 Å². The molecule has 0 radical (unpaired) electrons. The highest BCUT2D eigenvalue weighted by atomic mass is 16.3. The number of hydrogen-bond acceptors (Lipinski definition) is 5. The zero-order valence-corrected chi connectivity index (χ0v) is 9.06. The van der Waals surface area contributed by atoms with Gasteiger partial charge < -0.3 is 10.4 Å². The van der Waals surface area contributed by atoms with Crippen LogP contribution in [0.4, 0.5) is 5.69 Å². The molecule has 0 spiro atoms. The minimum absolute atomic E-state index is 0.0227. The van der Waals surface area contributed by atoms with E-state index in [4.69, 9.17) is 10.5 Å². The molecule has 1 aromatic carbocycles. The Balaban J connectivity index is 3.09. The van der Waals surface area contributed by atoms with E-state index in [0.29, 0.717) is 5.69 Å². The molecule has 5 nitrogen and oxygen atoms in total. The second-order valence-corrected chi connectivity index (χ2v) is 3.21. The number of aromatic hydroxyl groups is 1. The monoisotopic (exact) mass is 227 g/mol. The minimum atomic E-state index is -0.229. The Kier molecular flexibility index (Phi) is 3.86. The highest BCUT2D eigenvalue weighted by molar-refractivity contribution is 6.00. The van der Waals surface area contributed by atoms with Crippen LogP contribution in [-0.2, 0) is 0 Å². The highest BCUT2D eigenvalue weighted by Crippen LogP contribution is 2.21. The van der Waals surface area contributed by atoms with E-state index >= 15 is 0 Å². The maximum Gasteiger partial charge on any atom is 0.162 e. The number of benzene rings is 1. The van der Waals surface area contributed by atoms with Crippen molar-refractivity contribution in [1.82, 2.24) is 0 Å². The van der Waals surface area contributed by atoms with Gasteiger partial charge in [-0.2, -0.15) is 10.5 Å². The molecule has 84 valence electrons. The number of ketones is 1. The molecule has 5 heteroatoms. The molecule has 0 atom stereocenters. The summed E-state index contributed by atoms with van der Waals surface area (Å²) >= 11 is 0. The third-order valence-corrected chi connectivity index (χ3v) is 2.00. The van der Waals surface area contributed by atoms with E-state index in [-0.39, 0.29) is 22.7 Å². The lowest BCUT2D eigenvalue weighted by Crippen LogP contribution is -1.99. The Morgan fingerprint density at radius 3 is 2.59 bits per heavy atom. The van der Waals surface area contributed by atoms with Crippen LogP contribution in [0.3, 0.4) is 0 Å². The first-order valence-corrected chi connectivity index (χ1v) is 4.69. The van der Waals surface area contributed by atoms with Crippen LogP contribution in [0, 0.1) is 22.7 Å². The van der Waals surface area contributed by atoms with E-state index in [2.05, 4.69) is 5.32 Å². The molecule has 1 aromatic rings. The average molecular weight is 227 g/mol. The molecule has 0 unspecified atom stereocenters. The van der Waals surface area contributed by atoms with Crippen molar-refractivity contribution in [3.05, 3.63) is 35.5 Å². The van der Waals surface area contributed by atoms with Crippen molar-refractivity contribution in [2.75, 3.05) is 5.32 Å². The molecule has 0 fully saturated rings. The predicted molar refractivity (Wildman–Crippen MR) is 61.0 cm³/mol. The van der Waals surface area contributed by atoms with Crippen LogP contribution < -0.4 is 5.32 Å². The van der Waals surface area contributed by atoms with Gasteiger partial charge in [-0.15, -0.1) is 0 Å². The number of rotatable bonds is 3. The lowest BCUT2D eigenvalue weighted by atomic mass is 10.1. The van der Waals surface area contributed by atoms with E-state index in [9.17, 15) is 9.90 Å². The van der Waals surface area contributed by atoms with Crippen LogP contribution in [-0.4, -0.2) is 10.9 Å². The van der Waals surface area contributed by atoms with Gasteiger partial charge in [0.05, 0.1) is 0 Å². The molecule has 0 aromatic heterocycles. The number of carbonyl (C=O) groups is 1. The Labute approximate surface area is 98.2 Å². The van der Waals surface area contributed by atoms with Crippen LogP contribution in [0.15, 0.2) is 30.0 Å². The van der Waals surface area contributed by atoms with Crippen molar-refractivity contribution in [3.63, 3.8) is 0 Å². The number of nitrogens with one attached hydrogen (secondary N) is 1. The number of anilines is 1. The van der Waals surface area contributed by atoms with E-state index in [1.807, 2.05) is 0 Å². The second kappa shape index (κ2) is 5.34. The number of Topliss-reactive ketones (excluding diaryl/α,β-unsaturated/α-hetero) is 1. The Bertz CT molecular complexity index is 546. The van der Waals surface area contributed by atoms with Gasteiger partial charge in [0.2, 0.25) is 0 Å². The third-order valence-electron chi connectivity index (χ3n) is 2.00. The number of hydrogen-bond donors (Lipinski definition) is 2. The first-order valence-electron chi connectivity index (χ1n) is 4.69. The summed E-state index contributed by atoms with van der Waals surface area (Å²) in [5.41, 5.74) is 0.613. The molecular formula is C12H9N3O2. The van der Waals surface area contributed by atoms with E-state index < -0.39 is 0 Å². The molecule has 17 heavy (non-hydrogen) atoms. The predicted octanol–water partition coefficient (Wildman–Crippen LogP) is 1.94. The largest absolute Gasteiger partial charge is 0.508 e. The standard InChI is InChI=1S/C12H9N3O2/c1-8(16)11-4-10(17)2-3-12(11)15-7-9(5-13)6-14/h2-4,7,15,17H,1H3. The van der Waals surface area contributed by atoms with Gasteiger partial charge in [0, 0.05) is 17.5 Å². The fourth-order valence-corrected chi connectivity index (χ4v) is 1.19. The van der Waals surface area contributed by atoms with Gasteiger partial charge >= 0.3 is 0 Å². The zero-order valence-electron chi connectivity index (χ0n) is 9.06. The van der Waals surface area contributed by atoms with Gasteiger partial charge in [-0.3, -0.25) is 4.79 Å². The lowest BCUT2D eigenvalue weighted by Gasteiger charge is -2.06. The number of phenols is 1. The summed E-state index contributed by atoms with van der Waals surface area (Å²) in [6.07, 6.45) is 1.21. The quantitative estimate of drug-likeness (QED) is 0.467.